The summed E-state index contributed by atoms with van der Waals surface area (Å²) < 4.78 is 11.3. The summed E-state index contributed by atoms with van der Waals surface area (Å²) >= 11 is 0. The molecule has 0 radical (unpaired) electrons. The van der Waals surface area contributed by atoms with Crippen LogP contribution in [0.4, 0.5) is 0 Å². The van der Waals surface area contributed by atoms with Gasteiger partial charge >= 0.3 is 5.97 Å². The standard InChI is InChI=1S/C30H35NO7/c1-15-13-29-16(2)10-20-23(28(20,3)4)19(25(29)34)11-18(14-32)24(33)30(29,36)26(15)37-27(35)21-12-22(38-31-21)17-8-6-5-7-9-17/h5-9,11-13,16,19-20,23-26,32-34,36H,10,14H2,1-4H3/t16-,19+,20-,23+,24-,25?,26+,29+,30+/m1/s1. The Morgan fingerprint density at radius 1 is 1.21 bits per heavy atom. The van der Waals surface area contributed by atoms with Crippen molar-refractivity contribution >= 4 is 5.97 Å². The molecule has 4 aliphatic rings. The number of rotatable bonds is 4. The number of fused-ring (bicyclic) bond motifs is 3. The summed E-state index contributed by atoms with van der Waals surface area (Å²) in [5.74, 6) is -0.553. The largest absolute Gasteiger partial charge is 0.450 e. The van der Waals surface area contributed by atoms with Crippen LogP contribution in [0.1, 0.15) is 44.6 Å². The molecule has 1 spiro atoms. The minimum absolute atomic E-state index is 0.00136. The molecular formula is C30H35NO7. The zero-order chi connectivity index (χ0) is 27.2. The molecule has 1 heterocycles. The third-order valence-corrected chi connectivity index (χ3v) is 10.2. The fraction of sp³-hybridized carbons (Fsp3) is 0.533. The Hall–Kier alpha value is -2.78. The number of nitrogens with zero attached hydrogens (tertiary/aromatic N) is 1. The average molecular weight is 522 g/mol. The lowest BCUT2D eigenvalue weighted by Gasteiger charge is -2.52. The van der Waals surface area contributed by atoms with Crippen LogP contribution < -0.4 is 0 Å². The third-order valence-electron chi connectivity index (χ3n) is 10.2. The second-order valence-electron chi connectivity index (χ2n) is 12.3. The van der Waals surface area contributed by atoms with Gasteiger partial charge < -0.3 is 29.7 Å². The van der Waals surface area contributed by atoms with Gasteiger partial charge in [-0.3, -0.25) is 0 Å². The molecule has 1 unspecified atom stereocenters. The predicted octanol–water partition coefficient (Wildman–Crippen LogP) is 3.13. The van der Waals surface area contributed by atoms with Gasteiger partial charge in [0.2, 0.25) is 0 Å². The first-order valence-electron chi connectivity index (χ1n) is 13.3. The topological polar surface area (TPSA) is 133 Å². The van der Waals surface area contributed by atoms with Crippen molar-refractivity contribution in [2.24, 2.45) is 34.5 Å². The van der Waals surface area contributed by atoms with Crippen LogP contribution in [0.3, 0.4) is 0 Å². The Morgan fingerprint density at radius 2 is 1.92 bits per heavy atom. The molecule has 6 rings (SSSR count). The van der Waals surface area contributed by atoms with Crippen LogP contribution in [0, 0.1) is 34.5 Å². The monoisotopic (exact) mass is 521 g/mol. The molecule has 2 saturated carbocycles. The fourth-order valence-corrected chi connectivity index (χ4v) is 8.18. The first-order chi connectivity index (χ1) is 18.0. The number of ether oxygens (including phenoxy) is 1. The van der Waals surface area contributed by atoms with Crippen molar-refractivity contribution in [3.05, 3.63) is 65.4 Å². The van der Waals surface area contributed by atoms with Gasteiger partial charge in [-0.2, -0.15) is 0 Å². The van der Waals surface area contributed by atoms with Gasteiger partial charge in [0.1, 0.15) is 11.7 Å². The van der Waals surface area contributed by atoms with E-state index < -0.39 is 41.9 Å². The quantitative estimate of drug-likeness (QED) is 0.356. The lowest BCUT2D eigenvalue weighted by Crippen LogP contribution is -2.66. The maximum absolute atomic E-state index is 13.3. The van der Waals surface area contributed by atoms with Gasteiger partial charge in [0.25, 0.3) is 0 Å². The maximum Gasteiger partial charge on any atom is 0.361 e. The molecule has 2 aromatic rings. The second-order valence-corrected chi connectivity index (χ2v) is 12.3. The molecule has 1 aromatic carbocycles. The zero-order valence-corrected chi connectivity index (χ0v) is 22.0. The highest BCUT2D eigenvalue weighted by Gasteiger charge is 2.76. The Morgan fingerprint density at radius 3 is 2.61 bits per heavy atom. The van der Waals surface area contributed by atoms with Crippen LogP contribution in [-0.2, 0) is 4.74 Å². The van der Waals surface area contributed by atoms with Crippen LogP contribution in [-0.4, -0.2) is 62.1 Å². The van der Waals surface area contributed by atoms with Gasteiger partial charge in [-0.1, -0.05) is 68.4 Å². The highest BCUT2D eigenvalue weighted by atomic mass is 16.6. The van der Waals surface area contributed by atoms with Gasteiger partial charge in [0.05, 0.1) is 18.1 Å². The molecule has 2 bridgehead atoms. The molecule has 1 aromatic heterocycles. The van der Waals surface area contributed by atoms with Crippen LogP contribution in [0.2, 0.25) is 0 Å². The molecule has 8 nitrogen and oxygen atoms in total. The lowest BCUT2D eigenvalue weighted by molar-refractivity contribution is -0.215. The van der Waals surface area contributed by atoms with E-state index in [0.29, 0.717) is 17.3 Å². The smallest absolute Gasteiger partial charge is 0.361 e. The summed E-state index contributed by atoms with van der Waals surface area (Å²) in [5.41, 5.74) is -1.95. The first-order valence-corrected chi connectivity index (χ1v) is 13.3. The molecule has 0 amide bonds. The number of carbonyl (C=O) groups is 1. The van der Waals surface area contributed by atoms with Crippen molar-refractivity contribution in [3.63, 3.8) is 0 Å². The van der Waals surface area contributed by atoms with E-state index in [1.165, 1.54) is 6.07 Å². The Labute approximate surface area is 221 Å². The van der Waals surface area contributed by atoms with Crippen LogP contribution in [0.5, 0.6) is 0 Å². The van der Waals surface area contributed by atoms with Crippen LogP contribution in [0.15, 0.2) is 64.2 Å². The minimum atomic E-state index is -2.10. The highest BCUT2D eigenvalue weighted by molar-refractivity contribution is 5.88. The Kier molecular flexibility index (Phi) is 5.61. The van der Waals surface area contributed by atoms with E-state index in [9.17, 15) is 25.2 Å². The van der Waals surface area contributed by atoms with Crippen LogP contribution >= 0.6 is 0 Å². The summed E-state index contributed by atoms with van der Waals surface area (Å²) in [6, 6.07) is 10.7. The fourth-order valence-electron chi connectivity index (χ4n) is 8.18. The zero-order valence-electron chi connectivity index (χ0n) is 22.0. The summed E-state index contributed by atoms with van der Waals surface area (Å²) in [6.07, 6.45) is 0.432. The molecule has 202 valence electrons. The van der Waals surface area contributed by atoms with E-state index in [1.54, 1.807) is 19.1 Å². The van der Waals surface area contributed by atoms with Gasteiger partial charge in [-0.25, -0.2) is 4.79 Å². The molecule has 2 fully saturated rings. The average Bonchev–Trinajstić information content (AvgIpc) is 3.20. The predicted molar refractivity (Wildman–Crippen MR) is 137 cm³/mol. The van der Waals surface area contributed by atoms with E-state index in [4.69, 9.17) is 9.26 Å². The number of aliphatic hydroxyl groups is 4. The van der Waals surface area contributed by atoms with Gasteiger partial charge in [-0.15, -0.1) is 0 Å². The minimum Gasteiger partial charge on any atom is -0.450 e. The molecule has 4 N–H and O–H groups in total. The molecule has 4 aliphatic carbocycles. The number of esters is 1. The maximum atomic E-state index is 13.3. The lowest BCUT2D eigenvalue weighted by atomic mass is 9.58. The van der Waals surface area contributed by atoms with E-state index in [-0.39, 0.29) is 34.4 Å². The Bertz CT molecular complexity index is 1330. The van der Waals surface area contributed by atoms with Gasteiger partial charge in [0.15, 0.2) is 17.6 Å². The SMILES string of the molecule is CC1=C[C@]23C(O)[C@@H](C=C(CO)[C@@H](O)[C@]2(O)[C@H]1OC(=O)c1cc(-c2ccccc2)on1)[C@H]1[C@@H](C[C@H]3C)C1(C)C. The summed E-state index contributed by atoms with van der Waals surface area (Å²) in [5, 5.41) is 50.3. The molecule has 38 heavy (non-hydrogen) atoms. The molecule has 0 aliphatic heterocycles. The third kappa shape index (κ3) is 3.18. The van der Waals surface area contributed by atoms with Crippen LogP contribution in [0.25, 0.3) is 11.3 Å². The van der Waals surface area contributed by atoms with Gasteiger partial charge in [0, 0.05) is 17.5 Å². The molecular weight excluding hydrogens is 486 g/mol. The van der Waals surface area contributed by atoms with Gasteiger partial charge in [-0.05, 0) is 47.7 Å². The molecule has 8 heteroatoms. The van der Waals surface area contributed by atoms with Crippen molar-refractivity contribution in [3.8, 4) is 11.3 Å². The summed E-state index contributed by atoms with van der Waals surface area (Å²) in [4.78, 5) is 13.3. The highest BCUT2D eigenvalue weighted by Crippen LogP contribution is 2.72. The van der Waals surface area contributed by atoms with Crippen molar-refractivity contribution in [2.45, 2.75) is 58.0 Å². The molecule has 9 atom stereocenters. The number of aromatic nitrogens is 1. The van der Waals surface area contributed by atoms with E-state index in [2.05, 4.69) is 19.0 Å². The normalized spacial score (nSPS) is 40.7. The second kappa shape index (κ2) is 8.36. The van der Waals surface area contributed by atoms with E-state index in [1.807, 2.05) is 37.3 Å². The number of aliphatic hydroxyl groups excluding tert-OH is 3. The Balaban J connectivity index is 1.39. The molecule has 0 saturated heterocycles. The van der Waals surface area contributed by atoms with Crippen molar-refractivity contribution in [1.82, 2.24) is 5.16 Å². The number of benzene rings is 1. The van der Waals surface area contributed by atoms with Crippen molar-refractivity contribution < 1.29 is 34.5 Å². The number of hydrogen-bond acceptors (Lipinski definition) is 8. The van der Waals surface area contributed by atoms with E-state index >= 15 is 0 Å². The summed E-state index contributed by atoms with van der Waals surface area (Å²) in [7, 11) is 0. The number of hydrogen-bond donors (Lipinski definition) is 4. The van der Waals surface area contributed by atoms with Crippen molar-refractivity contribution in [2.75, 3.05) is 6.61 Å². The summed E-state index contributed by atoms with van der Waals surface area (Å²) in [6.45, 7) is 7.59. The van der Waals surface area contributed by atoms with E-state index in [0.717, 1.165) is 12.0 Å². The first kappa shape index (κ1) is 25.5. The number of carbonyl (C=O) groups excluding carboxylic acids is 1. The van der Waals surface area contributed by atoms with Crippen molar-refractivity contribution in [1.29, 1.82) is 0 Å².